The normalized spacial score (nSPS) is 11.0. The van der Waals surface area contributed by atoms with Crippen LogP contribution < -0.4 is 5.73 Å². The molecular formula is C15H15N3OS2. The fourth-order valence-corrected chi connectivity index (χ4v) is 3.65. The maximum absolute atomic E-state index is 6.01. The number of nitrogen functional groups attached to an aromatic ring is 1. The van der Waals surface area contributed by atoms with Crippen LogP contribution in [0.2, 0.25) is 0 Å². The molecule has 1 aromatic carbocycles. The molecule has 0 saturated carbocycles. The zero-order chi connectivity index (χ0) is 14.8. The van der Waals surface area contributed by atoms with Gasteiger partial charge in [-0.1, -0.05) is 23.4 Å². The highest BCUT2D eigenvalue weighted by Gasteiger charge is 2.15. The lowest BCUT2D eigenvalue weighted by Crippen LogP contribution is -1.88. The van der Waals surface area contributed by atoms with Crippen LogP contribution >= 0.6 is 23.1 Å². The fraction of sp³-hybridized carbons (Fsp3) is 0.200. The van der Waals surface area contributed by atoms with Crippen LogP contribution in [0.1, 0.15) is 17.0 Å². The van der Waals surface area contributed by atoms with E-state index in [1.54, 1.807) is 11.8 Å². The first kappa shape index (κ1) is 14.2. The summed E-state index contributed by atoms with van der Waals surface area (Å²) >= 11 is 3.24. The summed E-state index contributed by atoms with van der Waals surface area (Å²) in [7, 11) is 0. The second kappa shape index (κ2) is 5.91. The lowest BCUT2D eigenvalue weighted by atomic mass is 10.2. The van der Waals surface area contributed by atoms with Crippen molar-refractivity contribution in [3.8, 4) is 10.8 Å². The van der Waals surface area contributed by atoms with Crippen LogP contribution in [-0.2, 0) is 5.75 Å². The zero-order valence-electron chi connectivity index (χ0n) is 11.8. The van der Waals surface area contributed by atoms with E-state index in [0.29, 0.717) is 17.5 Å². The van der Waals surface area contributed by atoms with Gasteiger partial charge in [0.25, 0.3) is 5.89 Å². The molecule has 108 valence electrons. The van der Waals surface area contributed by atoms with Gasteiger partial charge < -0.3 is 10.3 Å². The van der Waals surface area contributed by atoms with Crippen molar-refractivity contribution in [3.63, 3.8) is 0 Å². The van der Waals surface area contributed by atoms with Crippen LogP contribution in [0.25, 0.3) is 10.8 Å². The van der Waals surface area contributed by atoms with E-state index in [4.69, 9.17) is 10.3 Å². The minimum atomic E-state index is 0.506. The molecule has 0 saturated heterocycles. The summed E-state index contributed by atoms with van der Waals surface area (Å²) < 4.78 is 5.32. The number of aryl methyl sites for hydroxylation is 2. The first-order valence-corrected chi connectivity index (χ1v) is 8.36. The van der Waals surface area contributed by atoms with Crippen molar-refractivity contribution in [2.45, 2.75) is 24.5 Å². The average molecular weight is 317 g/mol. The van der Waals surface area contributed by atoms with E-state index < -0.39 is 0 Å². The lowest BCUT2D eigenvalue weighted by Gasteiger charge is -2.01. The SMILES string of the molecule is Cc1ccccc1SCc1noc(-c2scc(C)c2N)n1. The molecule has 3 aromatic rings. The predicted molar refractivity (Wildman–Crippen MR) is 87.5 cm³/mol. The largest absolute Gasteiger partial charge is 0.397 e. The van der Waals surface area contributed by atoms with Crippen molar-refractivity contribution >= 4 is 28.8 Å². The number of hydrogen-bond donors (Lipinski definition) is 1. The number of rotatable bonds is 4. The fourth-order valence-electron chi connectivity index (χ4n) is 1.88. The van der Waals surface area contributed by atoms with Gasteiger partial charge in [-0.25, -0.2) is 0 Å². The second-order valence-electron chi connectivity index (χ2n) is 4.73. The molecule has 2 N–H and O–H groups in total. The molecule has 2 heterocycles. The standard InChI is InChI=1S/C15H15N3OS2/c1-9-5-3-4-6-11(9)20-8-12-17-15(19-18-12)14-13(16)10(2)7-21-14/h3-7H,8,16H2,1-2H3. The van der Waals surface area contributed by atoms with Gasteiger partial charge >= 0.3 is 0 Å². The number of aromatic nitrogens is 2. The Labute approximate surface area is 131 Å². The third kappa shape index (κ3) is 2.96. The number of nitrogens with two attached hydrogens (primary N) is 1. The highest BCUT2D eigenvalue weighted by atomic mass is 32.2. The van der Waals surface area contributed by atoms with Gasteiger partial charge in [0.05, 0.1) is 11.4 Å². The molecule has 0 fully saturated rings. The van der Waals surface area contributed by atoms with Gasteiger partial charge in [-0.15, -0.1) is 23.1 Å². The van der Waals surface area contributed by atoms with Gasteiger partial charge in [0, 0.05) is 4.90 Å². The van der Waals surface area contributed by atoms with E-state index in [-0.39, 0.29) is 0 Å². The zero-order valence-corrected chi connectivity index (χ0v) is 13.4. The smallest absolute Gasteiger partial charge is 0.270 e. The Morgan fingerprint density at radius 3 is 2.76 bits per heavy atom. The van der Waals surface area contributed by atoms with Crippen molar-refractivity contribution in [3.05, 3.63) is 46.6 Å². The summed E-state index contributed by atoms with van der Waals surface area (Å²) in [5, 5.41) is 6.03. The molecule has 2 aromatic heterocycles. The summed E-state index contributed by atoms with van der Waals surface area (Å²) in [5.41, 5.74) is 9.03. The van der Waals surface area contributed by atoms with Crippen molar-refractivity contribution in [1.82, 2.24) is 10.1 Å². The van der Waals surface area contributed by atoms with Crippen LogP contribution in [0.4, 0.5) is 5.69 Å². The van der Waals surface area contributed by atoms with Crippen LogP contribution in [-0.4, -0.2) is 10.1 Å². The van der Waals surface area contributed by atoms with Crippen LogP contribution in [0.3, 0.4) is 0 Å². The van der Waals surface area contributed by atoms with E-state index in [2.05, 4.69) is 29.2 Å². The molecule has 0 atom stereocenters. The molecule has 0 spiro atoms. The quantitative estimate of drug-likeness (QED) is 0.727. The number of hydrogen-bond acceptors (Lipinski definition) is 6. The maximum atomic E-state index is 6.01. The monoisotopic (exact) mass is 317 g/mol. The van der Waals surface area contributed by atoms with Crippen molar-refractivity contribution in [2.75, 3.05) is 5.73 Å². The Morgan fingerprint density at radius 2 is 2.05 bits per heavy atom. The Morgan fingerprint density at radius 1 is 1.24 bits per heavy atom. The van der Waals surface area contributed by atoms with Gasteiger partial charge in [-0.05, 0) is 36.4 Å². The molecule has 21 heavy (non-hydrogen) atoms. The molecule has 0 bridgehead atoms. The van der Waals surface area contributed by atoms with Gasteiger partial charge in [-0.3, -0.25) is 0 Å². The van der Waals surface area contributed by atoms with Crippen LogP contribution in [0.5, 0.6) is 0 Å². The highest BCUT2D eigenvalue weighted by Crippen LogP contribution is 2.34. The minimum absolute atomic E-state index is 0.506. The van der Waals surface area contributed by atoms with E-state index in [9.17, 15) is 0 Å². The van der Waals surface area contributed by atoms with Gasteiger partial charge in [0.2, 0.25) is 0 Å². The van der Waals surface area contributed by atoms with Crippen molar-refractivity contribution in [2.24, 2.45) is 0 Å². The van der Waals surface area contributed by atoms with Crippen LogP contribution in [0, 0.1) is 13.8 Å². The minimum Gasteiger partial charge on any atom is -0.397 e. The molecular weight excluding hydrogens is 302 g/mol. The Hall–Kier alpha value is -1.79. The summed E-state index contributed by atoms with van der Waals surface area (Å²) in [6.45, 7) is 4.07. The summed E-state index contributed by atoms with van der Waals surface area (Å²) in [5.74, 6) is 1.87. The predicted octanol–water partition coefficient (Wildman–Crippen LogP) is 4.29. The average Bonchev–Trinajstić information content (AvgIpc) is 3.06. The third-order valence-electron chi connectivity index (χ3n) is 3.14. The Bertz CT molecular complexity index is 764. The van der Waals surface area contributed by atoms with E-state index in [1.807, 2.05) is 24.4 Å². The summed E-state index contributed by atoms with van der Waals surface area (Å²) in [4.78, 5) is 6.52. The number of anilines is 1. The summed E-state index contributed by atoms with van der Waals surface area (Å²) in [6.07, 6.45) is 0. The second-order valence-corrected chi connectivity index (χ2v) is 6.63. The molecule has 4 nitrogen and oxygen atoms in total. The molecule has 0 radical (unpaired) electrons. The highest BCUT2D eigenvalue weighted by molar-refractivity contribution is 7.98. The number of thioether (sulfide) groups is 1. The van der Waals surface area contributed by atoms with E-state index in [1.165, 1.54) is 21.8 Å². The number of thiophene rings is 1. The van der Waals surface area contributed by atoms with Gasteiger partial charge in [0.1, 0.15) is 4.88 Å². The maximum Gasteiger partial charge on any atom is 0.270 e. The molecule has 0 aliphatic carbocycles. The van der Waals surface area contributed by atoms with Crippen molar-refractivity contribution in [1.29, 1.82) is 0 Å². The molecule has 0 unspecified atom stereocenters. The Balaban J connectivity index is 1.74. The number of benzene rings is 1. The van der Waals surface area contributed by atoms with E-state index >= 15 is 0 Å². The lowest BCUT2D eigenvalue weighted by molar-refractivity contribution is 0.426. The molecule has 3 rings (SSSR count). The third-order valence-corrected chi connectivity index (χ3v) is 5.41. The molecule has 0 aliphatic heterocycles. The molecule has 6 heteroatoms. The first-order chi connectivity index (χ1) is 10.1. The Kier molecular flexibility index (Phi) is 3.98. The van der Waals surface area contributed by atoms with Crippen molar-refractivity contribution < 1.29 is 4.52 Å². The topological polar surface area (TPSA) is 64.9 Å². The van der Waals surface area contributed by atoms with Crippen LogP contribution in [0.15, 0.2) is 39.1 Å². The number of nitrogens with zero attached hydrogens (tertiary/aromatic N) is 2. The summed E-state index contributed by atoms with van der Waals surface area (Å²) in [6, 6.07) is 8.26. The van der Waals surface area contributed by atoms with Gasteiger partial charge in [0.15, 0.2) is 5.82 Å². The first-order valence-electron chi connectivity index (χ1n) is 6.50. The van der Waals surface area contributed by atoms with E-state index in [0.717, 1.165) is 16.1 Å². The molecule has 0 aliphatic rings. The molecule has 0 amide bonds. The van der Waals surface area contributed by atoms with Gasteiger partial charge in [-0.2, -0.15) is 4.98 Å².